The highest BCUT2D eigenvalue weighted by atomic mass is 32.2. The number of ether oxygens (including phenoxy) is 4. The second kappa shape index (κ2) is 7.81. The molecule has 0 N–H and O–H groups in total. The van der Waals surface area contributed by atoms with Crippen molar-refractivity contribution in [3.63, 3.8) is 0 Å². The number of nitrogens with zero attached hydrogens (tertiary/aromatic N) is 2. The Morgan fingerprint density at radius 3 is 2.09 bits per heavy atom. The second-order valence-electron chi connectivity index (χ2n) is 4.54. The summed E-state index contributed by atoms with van der Waals surface area (Å²) in [6.45, 7) is 3.02. The number of thiocyanates is 1. The minimum atomic E-state index is -1.91. The number of hydrogen-bond donors (Lipinski definition) is 0. The zero-order chi connectivity index (χ0) is 17.6. The molecule has 0 spiro atoms. The lowest BCUT2D eigenvalue weighted by atomic mass is 9.99. The third-order valence-electron chi connectivity index (χ3n) is 2.77. The molecule has 0 aromatic heterocycles. The fourth-order valence-electron chi connectivity index (χ4n) is 2.04. The molecule has 1 fully saturated rings. The molecule has 124 valence electrons. The Bertz CT molecular complexity index is 582. The molecule has 4 atom stereocenters. The highest BCUT2D eigenvalue weighted by Gasteiger charge is 2.57. The van der Waals surface area contributed by atoms with E-state index in [4.69, 9.17) is 24.2 Å². The maximum Gasteiger partial charge on any atom is 0.303 e. The van der Waals surface area contributed by atoms with E-state index in [1.54, 1.807) is 11.5 Å². The van der Waals surface area contributed by atoms with Crippen molar-refractivity contribution in [2.24, 2.45) is 0 Å². The summed E-state index contributed by atoms with van der Waals surface area (Å²) in [5, 5.41) is 20.0. The largest absolute Gasteiger partial charge is 0.456 e. The maximum absolute atomic E-state index is 11.4. The molecular formula is C13H14N2O7S. The van der Waals surface area contributed by atoms with Crippen LogP contribution in [-0.2, 0) is 33.3 Å². The maximum atomic E-state index is 11.4. The SMILES string of the molecule is CC(=O)O[C@@H]1[C@H](OC(C)=O)CO[C@](C#N)(SC#N)[C@H]1OC(C)=O. The van der Waals surface area contributed by atoms with E-state index in [9.17, 15) is 19.6 Å². The molecule has 1 rings (SSSR count). The molecule has 0 saturated carbocycles. The predicted octanol–water partition coefficient (Wildman–Crippen LogP) is 0.246. The summed E-state index contributed by atoms with van der Waals surface area (Å²) in [5.74, 6) is -2.19. The van der Waals surface area contributed by atoms with Gasteiger partial charge in [0, 0.05) is 32.5 Å². The summed E-state index contributed by atoms with van der Waals surface area (Å²) >= 11 is 0.415. The molecule has 0 aliphatic carbocycles. The van der Waals surface area contributed by atoms with Crippen molar-refractivity contribution < 1.29 is 33.3 Å². The molecule has 1 aliphatic rings. The summed E-state index contributed by atoms with van der Waals surface area (Å²) in [7, 11) is 0. The number of carbonyl (C=O) groups is 3. The van der Waals surface area contributed by atoms with Crippen molar-refractivity contribution in [2.45, 2.75) is 44.0 Å². The summed E-state index contributed by atoms with van der Waals surface area (Å²) in [4.78, 5) is 32.0. The van der Waals surface area contributed by atoms with Crippen molar-refractivity contribution in [2.75, 3.05) is 6.61 Å². The normalized spacial score (nSPS) is 29.5. The summed E-state index contributed by atoms with van der Waals surface area (Å²) in [6.07, 6.45) is -3.81. The zero-order valence-electron chi connectivity index (χ0n) is 12.6. The standard InChI is InChI=1S/C13H14N2O7S/c1-7(16)20-10-4-19-13(5-14,23-6-15)12(22-9(3)18)11(10)21-8(2)17/h10-12H,4H2,1-3H3/t10-,11-,12+,13-/m1/s1. The average Bonchev–Trinajstić information content (AvgIpc) is 2.44. The fourth-order valence-corrected chi connectivity index (χ4v) is 2.64. The number of hydrogen-bond acceptors (Lipinski definition) is 10. The minimum absolute atomic E-state index is 0.308. The van der Waals surface area contributed by atoms with Crippen molar-refractivity contribution in [1.29, 1.82) is 10.5 Å². The van der Waals surface area contributed by atoms with Crippen molar-refractivity contribution in [3.05, 3.63) is 0 Å². The predicted molar refractivity (Wildman–Crippen MR) is 74.2 cm³/mol. The zero-order valence-corrected chi connectivity index (χ0v) is 13.4. The van der Waals surface area contributed by atoms with Crippen LogP contribution in [0.15, 0.2) is 0 Å². The van der Waals surface area contributed by atoms with Gasteiger partial charge in [-0.15, -0.1) is 0 Å². The Hall–Kier alpha value is -2.30. The molecule has 1 heterocycles. The van der Waals surface area contributed by atoms with Gasteiger partial charge in [0.25, 0.3) is 4.93 Å². The van der Waals surface area contributed by atoms with Crippen LogP contribution in [-0.4, -0.2) is 47.8 Å². The number of carbonyl (C=O) groups excluding carboxylic acids is 3. The van der Waals surface area contributed by atoms with E-state index < -0.39 is 41.2 Å². The van der Waals surface area contributed by atoms with Gasteiger partial charge in [0.05, 0.1) is 6.61 Å². The van der Waals surface area contributed by atoms with Gasteiger partial charge in [0.15, 0.2) is 18.3 Å². The van der Waals surface area contributed by atoms with Gasteiger partial charge in [-0.3, -0.25) is 14.4 Å². The third-order valence-corrected chi connectivity index (χ3v) is 3.60. The summed E-state index contributed by atoms with van der Waals surface area (Å²) in [6, 6.07) is 1.76. The smallest absolute Gasteiger partial charge is 0.303 e. The number of thioether (sulfide) groups is 1. The van der Waals surface area contributed by atoms with Gasteiger partial charge in [-0.1, -0.05) is 0 Å². The van der Waals surface area contributed by atoms with Crippen LogP contribution in [0.3, 0.4) is 0 Å². The monoisotopic (exact) mass is 342 g/mol. The van der Waals surface area contributed by atoms with E-state index in [0.29, 0.717) is 11.8 Å². The van der Waals surface area contributed by atoms with Gasteiger partial charge in [-0.25, -0.2) is 0 Å². The van der Waals surface area contributed by atoms with Crippen molar-refractivity contribution >= 4 is 29.7 Å². The van der Waals surface area contributed by atoms with Gasteiger partial charge >= 0.3 is 17.9 Å². The van der Waals surface area contributed by atoms with Crippen molar-refractivity contribution in [3.8, 4) is 11.5 Å². The molecule has 0 amide bonds. The molecule has 0 aromatic carbocycles. The van der Waals surface area contributed by atoms with Gasteiger partial charge in [0.2, 0.25) is 0 Å². The van der Waals surface area contributed by atoms with E-state index in [2.05, 4.69) is 0 Å². The lowest BCUT2D eigenvalue weighted by molar-refractivity contribution is -0.223. The molecule has 1 aliphatic heterocycles. The number of rotatable bonds is 4. The third kappa shape index (κ3) is 4.58. The molecule has 0 unspecified atom stereocenters. The van der Waals surface area contributed by atoms with Crippen LogP contribution in [0.4, 0.5) is 0 Å². The lowest BCUT2D eigenvalue weighted by Gasteiger charge is -2.43. The Morgan fingerprint density at radius 2 is 1.65 bits per heavy atom. The quantitative estimate of drug-likeness (QED) is 0.397. The number of esters is 3. The fraction of sp³-hybridized carbons (Fsp3) is 0.615. The molecule has 9 nitrogen and oxygen atoms in total. The molecule has 0 bridgehead atoms. The Labute approximate surface area is 136 Å². The molecule has 0 radical (unpaired) electrons. The van der Waals surface area contributed by atoms with E-state index >= 15 is 0 Å². The minimum Gasteiger partial charge on any atom is -0.456 e. The van der Waals surface area contributed by atoms with E-state index in [-0.39, 0.29) is 6.61 Å². The lowest BCUT2D eigenvalue weighted by Crippen LogP contribution is -2.62. The Morgan fingerprint density at radius 1 is 1.09 bits per heavy atom. The van der Waals surface area contributed by atoms with Gasteiger partial charge < -0.3 is 18.9 Å². The number of nitriles is 2. The van der Waals surface area contributed by atoms with Gasteiger partial charge in [-0.05, 0) is 0 Å². The van der Waals surface area contributed by atoms with E-state index in [1.165, 1.54) is 0 Å². The van der Waals surface area contributed by atoms with Gasteiger partial charge in [-0.2, -0.15) is 10.5 Å². The van der Waals surface area contributed by atoms with Crippen LogP contribution in [0.1, 0.15) is 20.8 Å². The molecule has 1 saturated heterocycles. The first-order chi connectivity index (χ1) is 10.8. The van der Waals surface area contributed by atoms with E-state index in [1.807, 2.05) is 0 Å². The van der Waals surface area contributed by atoms with Crippen LogP contribution < -0.4 is 0 Å². The first-order valence-corrected chi connectivity index (χ1v) is 7.21. The Kier molecular flexibility index (Phi) is 6.37. The van der Waals surface area contributed by atoms with Gasteiger partial charge in [0.1, 0.15) is 11.5 Å². The Balaban J connectivity index is 3.27. The van der Waals surface area contributed by atoms with Crippen LogP contribution in [0.2, 0.25) is 0 Å². The average molecular weight is 342 g/mol. The summed E-state index contributed by atoms with van der Waals surface area (Å²) in [5.41, 5.74) is 0. The first kappa shape index (κ1) is 18.7. The highest BCUT2D eigenvalue weighted by Crippen LogP contribution is 2.39. The highest BCUT2D eigenvalue weighted by molar-refractivity contribution is 8.05. The van der Waals surface area contributed by atoms with Crippen LogP contribution in [0.25, 0.3) is 0 Å². The van der Waals surface area contributed by atoms with Crippen LogP contribution in [0, 0.1) is 22.0 Å². The molecule has 0 aromatic rings. The van der Waals surface area contributed by atoms with E-state index in [0.717, 1.165) is 20.8 Å². The first-order valence-electron chi connectivity index (χ1n) is 6.39. The summed E-state index contributed by atoms with van der Waals surface area (Å²) < 4.78 is 20.4. The van der Waals surface area contributed by atoms with Crippen LogP contribution in [0.5, 0.6) is 0 Å². The molecule has 23 heavy (non-hydrogen) atoms. The van der Waals surface area contributed by atoms with Crippen LogP contribution >= 0.6 is 11.8 Å². The van der Waals surface area contributed by atoms with Crippen molar-refractivity contribution in [1.82, 2.24) is 0 Å². The molecule has 10 heteroatoms. The second-order valence-corrected chi connectivity index (χ2v) is 5.53. The topological polar surface area (TPSA) is 136 Å². The molecular weight excluding hydrogens is 328 g/mol.